The average molecular weight is 698 g/mol. The molecule has 262 valence electrons. The second-order valence-corrected chi connectivity index (χ2v) is 13.8. The lowest BCUT2D eigenvalue weighted by atomic mass is 10.0. The Balaban J connectivity index is 1.11. The van der Waals surface area contributed by atoms with Crippen LogP contribution < -0.4 is 14.7 Å². The molecule has 0 unspecified atom stereocenters. The minimum Gasteiger partial charge on any atom is -0.311 e. The number of aryl methyl sites for hydroxylation is 3. The largest absolute Gasteiger partial charge is 0.311 e. The van der Waals surface area contributed by atoms with Crippen LogP contribution in [0.4, 0.5) is 51.2 Å². The number of rotatable bonds is 10. The number of nitrogens with zero attached hydrogens (tertiary/aromatic N) is 3. The molecule has 54 heavy (non-hydrogen) atoms. The number of hydrogen-bond acceptors (Lipinski definition) is 3. The van der Waals surface area contributed by atoms with Gasteiger partial charge in [0.2, 0.25) is 0 Å². The van der Waals surface area contributed by atoms with Gasteiger partial charge < -0.3 is 14.7 Å². The van der Waals surface area contributed by atoms with E-state index in [0.717, 1.165) is 51.2 Å². The van der Waals surface area contributed by atoms with Crippen LogP contribution in [0, 0.1) is 20.8 Å². The fraction of sp³-hybridized carbons (Fsp3) is 0.0588. The SMILES string of the molecule is Cc1ccc(N(c2ccc(-c3ccc(N(c4ccccc4)c4cccc(C)c4)cc3)cc2)c2ccc(N(c3ccccc3)c3cccc(C)c3)cc2)cc1. The van der Waals surface area contributed by atoms with Gasteiger partial charge in [-0.05, 0) is 152 Å². The molecule has 0 aliphatic rings. The van der Waals surface area contributed by atoms with Crippen LogP contribution in [0.25, 0.3) is 11.1 Å². The molecule has 0 saturated heterocycles. The van der Waals surface area contributed by atoms with E-state index in [2.05, 4.69) is 242 Å². The van der Waals surface area contributed by atoms with E-state index in [9.17, 15) is 0 Å². The smallest absolute Gasteiger partial charge is 0.0464 e. The Morgan fingerprint density at radius 3 is 0.852 bits per heavy atom. The summed E-state index contributed by atoms with van der Waals surface area (Å²) >= 11 is 0. The Hall–Kier alpha value is -6.84. The van der Waals surface area contributed by atoms with E-state index in [1.165, 1.54) is 27.8 Å². The molecular weight excluding hydrogens is 655 g/mol. The first-order valence-electron chi connectivity index (χ1n) is 18.5. The van der Waals surface area contributed by atoms with E-state index < -0.39 is 0 Å². The monoisotopic (exact) mass is 697 g/mol. The van der Waals surface area contributed by atoms with Crippen LogP contribution in [0.5, 0.6) is 0 Å². The molecule has 0 heterocycles. The zero-order chi connectivity index (χ0) is 36.9. The van der Waals surface area contributed by atoms with Gasteiger partial charge in [-0.1, -0.05) is 103 Å². The van der Waals surface area contributed by atoms with E-state index in [1.807, 2.05) is 0 Å². The molecule has 0 amide bonds. The molecule has 0 bridgehead atoms. The maximum absolute atomic E-state index is 2.33. The van der Waals surface area contributed by atoms with Crippen molar-refractivity contribution in [2.24, 2.45) is 0 Å². The van der Waals surface area contributed by atoms with E-state index >= 15 is 0 Å². The molecule has 8 rings (SSSR count). The van der Waals surface area contributed by atoms with Gasteiger partial charge in [0.15, 0.2) is 0 Å². The maximum Gasteiger partial charge on any atom is 0.0464 e. The highest BCUT2D eigenvalue weighted by molar-refractivity contribution is 5.83. The third-order valence-corrected chi connectivity index (χ3v) is 9.79. The minimum atomic E-state index is 1.09. The molecule has 8 aromatic carbocycles. The van der Waals surface area contributed by atoms with Crippen molar-refractivity contribution in [1.29, 1.82) is 0 Å². The summed E-state index contributed by atoms with van der Waals surface area (Å²) in [6, 6.07) is 73.9. The topological polar surface area (TPSA) is 9.72 Å². The van der Waals surface area contributed by atoms with Crippen molar-refractivity contribution in [3.05, 3.63) is 223 Å². The number of benzene rings is 8. The van der Waals surface area contributed by atoms with Crippen molar-refractivity contribution >= 4 is 51.2 Å². The van der Waals surface area contributed by atoms with Crippen molar-refractivity contribution < 1.29 is 0 Å². The summed E-state index contributed by atoms with van der Waals surface area (Å²) in [7, 11) is 0. The molecule has 3 heteroatoms. The van der Waals surface area contributed by atoms with Gasteiger partial charge in [-0.3, -0.25) is 0 Å². The van der Waals surface area contributed by atoms with E-state index in [-0.39, 0.29) is 0 Å². The molecule has 0 aromatic heterocycles. The Morgan fingerprint density at radius 2 is 0.500 bits per heavy atom. The molecular formula is C51H43N3. The normalized spacial score (nSPS) is 10.9. The van der Waals surface area contributed by atoms with Gasteiger partial charge in [-0.15, -0.1) is 0 Å². The third kappa shape index (κ3) is 7.39. The minimum absolute atomic E-state index is 1.09. The van der Waals surface area contributed by atoms with E-state index in [4.69, 9.17) is 0 Å². The van der Waals surface area contributed by atoms with Crippen LogP contribution in [-0.2, 0) is 0 Å². The summed E-state index contributed by atoms with van der Waals surface area (Å²) in [4.78, 5) is 6.95. The average Bonchev–Trinajstić information content (AvgIpc) is 3.21. The zero-order valence-electron chi connectivity index (χ0n) is 31.0. The summed E-state index contributed by atoms with van der Waals surface area (Å²) in [5.74, 6) is 0. The molecule has 3 nitrogen and oxygen atoms in total. The standard InChI is InChI=1S/C51H43N3/c1-38-20-26-45(27-21-38)52(48-32-34-49(35-33-48)54(44-16-8-5-9-17-44)51-19-11-13-40(3)37-51)46-28-22-41(23-29-46)42-24-30-47(31-25-42)53(43-14-6-4-7-15-43)50-18-10-12-39(2)36-50/h4-37H,1-3H3. The fourth-order valence-electron chi connectivity index (χ4n) is 7.08. The predicted molar refractivity (Wildman–Crippen MR) is 230 cm³/mol. The quantitative estimate of drug-likeness (QED) is 0.141. The summed E-state index contributed by atoms with van der Waals surface area (Å²) < 4.78 is 0. The zero-order valence-corrected chi connectivity index (χ0v) is 31.0. The highest BCUT2D eigenvalue weighted by Gasteiger charge is 2.17. The second-order valence-electron chi connectivity index (χ2n) is 13.8. The Morgan fingerprint density at radius 1 is 0.222 bits per heavy atom. The molecule has 0 atom stereocenters. The molecule has 0 radical (unpaired) electrons. The number of hydrogen-bond donors (Lipinski definition) is 0. The molecule has 0 saturated carbocycles. The summed E-state index contributed by atoms with van der Waals surface area (Å²) in [5, 5.41) is 0. The highest BCUT2D eigenvalue weighted by atomic mass is 15.2. The highest BCUT2D eigenvalue weighted by Crippen LogP contribution is 2.40. The Labute approximate surface area is 319 Å². The van der Waals surface area contributed by atoms with Crippen molar-refractivity contribution in [1.82, 2.24) is 0 Å². The van der Waals surface area contributed by atoms with Gasteiger partial charge in [-0.25, -0.2) is 0 Å². The number of para-hydroxylation sites is 2. The van der Waals surface area contributed by atoms with Gasteiger partial charge in [-0.2, -0.15) is 0 Å². The number of anilines is 9. The van der Waals surface area contributed by atoms with Crippen molar-refractivity contribution in [2.75, 3.05) is 14.7 Å². The maximum atomic E-state index is 2.33. The van der Waals surface area contributed by atoms with Gasteiger partial charge in [0.05, 0.1) is 0 Å². The first kappa shape index (κ1) is 34.3. The summed E-state index contributed by atoms with van der Waals surface area (Å²) in [6.07, 6.45) is 0. The molecule has 0 aliphatic heterocycles. The molecule has 0 spiro atoms. The van der Waals surface area contributed by atoms with Crippen molar-refractivity contribution in [2.45, 2.75) is 20.8 Å². The Kier molecular flexibility index (Phi) is 9.78. The predicted octanol–water partition coefficient (Wildman–Crippen LogP) is 14.7. The van der Waals surface area contributed by atoms with Crippen molar-refractivity contribution in [3.8, 4) is 11.1 Å². The van der Waals surface area contributed by atoms with Crippen molar-refractivity contribution in [3.63, 3.8) is 0 Å². The third-order valence-electron chi connectivity index (χ3n) is 9.79. The van der Waals surface area contributed by atoms with Gasteiger partial charge in [0.1, 0.15) is 0 Å². The molecule has 8 aromatic rings. The molecule has 0 fully saturated rings. The van der Waals surface area contributed by atoms with E-state index in [1.54, 1.807) is 0 Å². The second kappa shape index (κ2) is 15.4. The van der Waals surface area contributed by atoms with Gasteiger partial charge in [0, 0.05) is 51.2 Å². The van der Waals surface area contributed by atoms with Crippen LogP contribution in [-0.4, -0.2) is 0 Å². The fourth-order valence-corrected chi connectivity index (χ4v) is 7.08. The van der Waals surface area contributed by atoms with Crippen LogP contribution in [0.1, 0.15) is 16.7 Å². The lowest BCUT2D eigenvalue weighted by Gasteiger charge is -2.28. The van der Waals surface area contributed by atoms with Crippen LogP contribution in [0.15, 0.2) is 206 Å². The van der Waals surface area contributed by atoms with Gasteiger partial charge in [0.25, 0.3) is 0 Å². The Bertz CT molecular complexity index is 2440. The van der Waals surface area contributed by atoms with Crippen LogP contribution in [0.3, 0.4) is 0 Å². The lowest BCUT2D eigenvalue weighted by molar-refractivity contribution is 1.25. The summed E-state index contributed by atoms with van der Waals surface area (Å²) in [6.45, 7) is 6.41. The van der Waals surface area contributed by atoms with Gasteiger partial charge >= 0.3 is 0 Å². The lowest BCUT2D eigenvalue weighted by Crippen LogP contribution is -2.12. The first-order chi connectivity index (χ1) is 26.5. The molecule has 0 N–H and O–H groups in total. The summed E-state index contributed by atoms with van der Waals surface area (Å²) in [5.41, 5.74) is 16.1. The molecule has 0 aliphatic carbocycles. The van der Waals surface area contributed by atoms with E-state index in [0.29, 0.717) is 0 Å². The van der Waals surface area contributed by atoms with Crippen LogP contribution in [0.2, 0.25) is 0 Å². The van der Waals surface area contributed by atoms with Crippen LogP contribution >= 0.6 is 0 Å². The first-order valence-corrected chi connectivity index (χ1v) is 18.5.